The van der Waals surface area contributed by atoms with E-state index < -0.39 is 0 Å². The van der Waals surface area contributed by atoms with Gasteiger partial charge in [-0.05, 0) is 12.2 Å². The van der Waals surface area contributed by atoms with Crippen LogP contribution in [0.3, 0.4) is 0 Å². The van der Waals surface area contributed by atoms with Gasteiger partial charge in [-0.15, -0.1) is 0 Å². The zero-order valence-corrected chi connectivity index (χ0v) is 4.50. The molecule has 6 heavy (non-hydrogen) atoms. The summed E-state index contributed by atoms with van der Waals surface area (Å²) in [4.78, 5) is 0. The molecule has 0 unspecified atom stereocenters. The van der Waals surface area contributed by atoms with E-state index >= 15 is 0 Å². The van der Waals surface area contributed by atoms with Gasteiger partial charge >= 0.3 is 0 Å². The first-order chi connectivity index (χ1) is 2.91. The monoisotopic (exact) mass is 105 g/mol. The minimum Gasteiger partial charge on any atom is -0.396 e. The molecular formula is C4H9OS. The summed E-state index contributed by atoms with van der Waals surface area (Å²) in [6, 6.07) is 0. The summed E-state index contributed by atoms with van der Waals surface area (Å²) in [7, 11) is 0. The lowest BCUT2D eigenvalue weighted by Gasteiger charge is -1.86. The molecule has 0 amide bonds. The van der Waals surface area contributed by atoms with E-state index in [1.165, 1.54) is 11.8 Å². The number of hydrogen-bond donors (Lipinski definition) is 1. The molecule has 0 saturated heterocycles. The fourth-order valence-corrected chi connectivity index (χ4v) is 0.500. The Kier molecular flexibility index (Phi) is 5.58. The molecule has 1 nitrogen and oxygen atoms in total. The largest absolute Gasteiger partial charge is 0.396 e. The molecule has 1 N–H and O–H groups in total. The van der Waals surface area contributed by atoms with Crippen molar-refractivity contribution < 1.29 is 5.11 Å². The van der Waals surface area contributed by atoms with Gasteiger partial charge < -0.3 is 5.11 Å². The van der Waals surface area contributed by atoms with E-state index in [2.05, 4.69) is 6.26 Å². The van der Waals surface area contributed by atoms with Gasteiger partial charge in [-0.2, -0.15) is 11.8 Å². The average Bonchev–Trinajstić information content (AvgIpc) is 1.61. The number of aliphatic hydroxyl groups excluding tert-OH is 1. The molecule has 0 aliphatic rings. The topological polar surface area (TPSA) is 20.2 Å². The summed E-state index contributed by atoms with van der Waals surface area (Å²) < 4.78 is 0. The Morgan fingerprint density at radius 3 is 2.50 bits per heavy atom. The van der Waals surface area contributed by atoms with Crippen molar-refractivity contribution >= 4 is 11.8 Å². The lowest BCUT2D eigenvalue weighted by molar-refractivity contribution is 0.296. The molecule has 0 rings (SSSR count). The Labute approximate surface area is 42.8 Å². The Morgan fingerprint density at radius 2 is 2.33 bits per heavy atom. The third-order valence-corrected chi connectivity index (χ3v) is 1.02. The molecule has 0 aromatic heterocycles. The molecule has 0 spiro atoms. The first-order valence-corrected chi connectivity index (χ1v) is 3.05. The van der Waals surface area contributed by atoms with Gasteiger partial charge in [0.2, 0.25) is 0 Å². The lowest BCUT2D eigenvalue weighted by Crippen LogP contribution is -1.81. The summed E-state index contributed by atoms with van der Waals surface area (Å²) in [6.45, 7) is 0.294. The van der Waals surface area contributed by atoms with Crippen molar-refractivity contribution in [3.05, 3.63) is 6.26 Å². The normalized spacial score (nSPS) is 9.00. The first kappa shape index (κ1) is 6.31. The summed E-state index contributed by atoms with van der Waals surface area (Å²) >= 11 is 1.52. The minimum absolute atomic E-state index is 0.294. The van der Waals surface area contributed by atoms with Crippen LogP contribution in [0.2, 0.25) is 0 Å². The van der Waals surface area contributed by atoms with Crippen molar-refractivity contribution in [2.45, 2.75) is 6.42 Å². The number of thioether (sulfide) groups is 1. The molecule has 0 bridgehead atoms. The van der Waals surface area contributed by atoms with Crippen LogP contribution in [0.5, 0.6) is 0 Å². The molecule has 37 valence electrons. The van der Waals surface area contributed by atoms with E-state index in [1.54, 1.807) is 0 Å². The van der Waals surface area contributed by atoms with E-state index in [9.17, 15) is 0 Å². The fraction of sp³-hybridized carbons (Fsp3) is 0.750. The zero-order valence-electron chi connectivity index (χ0n) is 3.68. The van der Waals surface area contributed by atoms with Gasteiger partial charge in [0.1, 0.15) is 0 Å². The van der Waals surface area contributed by atoms with Crippen molar-refractivity contribution in [3.63, 3.8) is 0 Å². The lowest BCUT2D eigenvalue weighted by atomic mass is 10.5. The highest BCUT2D eigenvalue weighted by molar-refractivity contribution is 8.00. The van der Waals surface area contributed by atoms with Gasteiger partial charge in [-0.1, -0.05) is 0 Å². The number of hydrogen-bond acceptors (Lipinski definition) is 2. The predicted molar refractivity (Wildman–Crippen MR) is 29.5 cm³/mol. The highest BCUT2D eigenvalue weighted by Gasteiger charge is 1.76. The van der Waals surface area contributed by atoms with Crippen molar-refractivity contribution in [1.82, 2.24) is 0 Å². The van der Waals surface area contributed by atoms with Crippen LogP contribution in [0, 0.1) is 6.26 Å². The Balaban J connectivity index is 2.34. The van der Waals surface area contributed by atoms with Crippen LogP contribution in [0.1, 0.15) is 6.42 Å². The molecule has 0 aliphatic heterocycles. The highest BCUT2D eigenvalue weighted by Crippen LogP contribution is 1.95. The molecule has 0 aromatic carbocycles. The molecular weight excluding hydrogens is 96.1 g/mol. The summed E-state index contributed by atoms with van der Waals surface area (Å²) in [5, 5.41) is 8.16. The van der Waals surface area contributed by atoms with Crippen LogP contribution in [0.4, 0.5) is 0 Å². The minimum atomic E-state index is 0.294. The second-order valence-electron chi connectivity index (χ2n) is 0.985. The summed E-state index contributed by atoms with van der Waals surface area (Å²) in [6.07, 6.45) is 4.40. The summed E-state index contributed by atoms with van der Waals surface area (Å²) in [5.74, 6) is 0.969. The Morgan fingerprint density at radius 1 is 1.67 bits per heavy atom. The van der Waals surface area contributed by atoms with Crippen LogP contribution in [-0.4, -0.2) is 17.5 Å². The molecule has 0 saturated carbocycles. The van der Waals surface area contributed by atoms with Gasteiger partial charge in [0, 0.05) is 12.9 Å². The van der Waals surface area contributed by atoms with E-state index in [4.69, 9.17) is 5.11 Å². The Bertz CT molecular complexity index is 19.5. The second-order valence-corrected chi connectivity index (χ2v) is 1.80. The van der Waals surface area contributed by atoms with Crippen molar-refractivity contribution in [3.8, 4) is 0 Å². The van der Waals surface area contributed by atoms with Gasteiger partial charge in [0.15, 0.2) is 0 Å². The van der Waals surface area contributed by atoms with Crippen LogP contribution >= 0.6 is 11.8 Å². The third kappa shape index (κ3) is 4.31. The van der Waals surface area contributed by atoms with Crippen LogP contribution in [0.25, 0.3) is 0 Å². The zero-order chi connectivity index (χ0) is 4.83. The van der Waals surface area contributed by atoms with Gasteiger partial charge in [0.05, 0.1) is 0 Å². The van der Waals surface area contributed by atoms with Gasteiger partial charge in [0.25, 0.3) is 0 Å². The molecule has 0 atom stereocenters. The second kappa shape index (κ2) is 5.31. The van der Waals surface area contributed by atoms with Crippen molar-refractivity contribution in [2.75, 3.05) is 12.4 Å². The number of aliphatic hydroxyl groups is 1. The molecule has 0 aromatic rings. The van der Waals surface area contributed by atoms with Gasteiger partial charge in [-0.3, -0.25) is 0 Å². The molecule has 0 heterocycles. The van der Waals surface area contributed by atoms with E-state index in [1.807, 2.05) is 0 Å². The Hall–Kier alpha value is 0.310. The number of rotatable bonds is 3. The molecule has 2 heteroatoms. The smallest absolute Gasteiger partial charge is 0.0438 e. The molecule has 0 fully saturated rings. The average molecular weight is 105 g/mol. The first-order valence-electron chi connectivity index (χ1n) is 1.89. The maximum atomic E-state index is 8.16. The highest BCUT2D eigenvalue weighted by atomic mass is 32.2. The van der Waals surface area contributed by atoms with Crippen LogP contribution in [-0.2, 0) is 0 Å². The van der Waals surface area contributed by atoms with Crippen LogP contribution in [0.15, 0.2) is 0 Å². The van der Waals surface area contributed by atoms with Gasteiger partial charge in [-0.25, -0.2) is 0 Å². The van der Waals surface area contributed by atoms with Crippen LogP contribution < -0.4 is 0 Å². The predicted octanol–water partition coefficient (Wildman–Crippen LogP) is 0.894. The maximum absolute atomic E-state index is 8.16. The fourth-order valence-electron chi connectivity index (χ4n) is 0.167. The van der Waals surface area contributed by atoms with Crippen molar-refractivity contribution in [2.24, 2.45) is 0 Å². The maximum Gasteiger partial charge on any atom is 0.0438 e. The third-order valence-electron chi connectivity index (χ3n) is 0.447. The van der Waals surface area contributed by atoms with E-state index in [0.29, 0.717) is 6.61 Å². The van der Waals surface area contributed by atoms with E-state index in [0.717, 1.165) is 12.2 Å². The standard InChI is InChI=1S/C4H9OS/c1-6-4-2-3-5/h5H,1-4H2. The summed E-state index contributed by atoms with van der Waals surface area (Å²) in [5.41, 5.74) is 0. The quantitative estimate of drug-likeness (QED) is 0.538. The molecule has 0 aliphatic carbocycles. The molecule has 1 radical (unpaired) electrons. The van der Waals surface area contributed by atoms with Crippen molar-refractivity contribution in [1.29, 1.82) is 0 Å². The van der Waals surface area contributed by atoms with E-state index in [-0.39, 0.29) is 0 Å². The SMILES string of the molecule is [CH2]SCCCO.